The average molecular weight is 326 g/mol. The van der Waals surface area contributed by atoms with Crippen molar-refractivity contribution in [3.8, 4) is 0 Å². The number of hydrogen-bond donors (Lipinski definition) is 4. The van der Waals surface area contributed by atoms with Crippen LogP contribution in [0.1, 0.15) is 22.3 Å². The van der Waals surface area contributed by atoms with E-state index in [0.717, 1.165) is 5.56 Å². The Kier molecular flexibility index (Phi) is 6.09. The van der Waals surface area contributed by atoms with Crippen LogP contribution in [0, 0.1) is 0 Å². The predicted octanol–water partition coefficient (Wildman–Crippen LogP) is -0.752. The van der Waals surface area contributed by atoms with Crippen molar-refractivity contribution in [1.29, 1.82) is 0 Å². The molecule has 2 rings (SSSR count). The van der Waals surface area contributed by atoms with Crippen LogP contribution in [-0.2, 0) is 15.9 Å². The van der Waals surface area contributed by atoms with Gasteiger partial charge < -0.3 is 29.9 Å². The molecule has 0 saturated carbocycles. The molecule has 0 amide bonds. The lowest BCUT2D eigenvalue weighted by atomic mass is 9.92. The largest absolute Gasteiger partial charge is 0.465 e. The van der Waals surface area contributed by atoms with Crippen molar-refractivity contribution >= 4 is 5.97 Å². The third-order valence-corrected chi connectivity index (χ3v) is 4.08. The lowest BCUT2D eigenvalue weighted by molar-refractivity contribution is -0.230. The fourth-order valence-electron chi connectivity index (χ4n) is 2.65. The van der Waals surface area contributed by atoms with Gasteiger partial charge in [0.15, 0.2) is 0 Å². The summed E-state index contributed by atoms with van der Waals surface area (Å²) in [7, 11) is 1.31. The first-order chi connectivity index (χ1) is 11.0. The number of aryl methyl sites for hydroxylation is 1. The molecule has 1 heterocycles. The SMILES string of the molecule is COC(=O)c1ccc(CC[C@@H]2O[C@H](CO)[C@@H](O)[C@H](O)[C@H]2O)cc1. The van der Waals surface area contributed by atoms with Crippen molar-refractivity contribution in [2.24, 2.45) is 0 Å². The first-order valence-corrected chi connectivity index (χ1v) is 7.45. The molecular formula is C16H22O7. The number of benzene rings is 1. The Morgan fingerprint density at radius 1 is 1.09 bits per heavy atom. The van der Waals surface area contributed by atoms with E-state index in [2.05, 4.69) is 4.74 Å². The Balaban J connectivity index is 1.95. The quantitative estimate of drug-likeness (QED) is 0.526. The van der Waals surface area contributed by atoms with Crippen molar-refractivity contribution in [3.05, 3.63) is 35.4 Å². The van der Waals surface area contributed by atoms with Gasteiger partial charge in [0.2, 0.25) is 0 Å². The number of hydrogen-bond acceptors (Lipinski definition) is 7. The normalized spacial score (nSPS) is 30.9. The molecular weight excluding hydrogens is 304 g/mol. The second-order valence-corrected chi connectivity index (χ2v) is 5.59. The number of rotatable bonds is 5. The van der Waals surface area contributed by atoms with Gasteiger partial charge in [0.05, 0.1) is 25.4 Å². The minimum Gasteiger partial charge on any atom is -0.465 e. The highest BCUT2D eigenvalue weighted by Gasteiger charge is 2.42. The van der Waals surface area contributed by atoms with Crippen molar-refractivity contribution in [1.82, 2.24) is 0 Å². The Hall–Kier alpha value is -1.51. The molecule has 5 atom stereocenters. The minimum atomic E-state index is -1.35. The lowest BCUT2D eigenvalue weighted by Gasteiger charge is -2.40. The third-order valence-electron chi connectivity index (χ3n) is 4.08. The number of carbonyl (C=O) groups is 1. The molecule has 0 radical (unpaired) electrons. The van der Waals surface area contributed by atoms with Crippen LogP contribution in [0.15, 0.2) is 24.3 Å². The molecule has 1 aliphatic rings. The number of aliphatic hydroxyl groups is 4. The van der Waals surface area contributed by atoms with Crippen LogP contribution >= 0.6 is 0 Å². The van der Waals surface area contributed by atoms with E-state index in [-0.39, 0.29) is 0 Å². The molecule has 1 aromatic rings. The van der Waals surface area contributed by atoms with Crippen molar-refractivity contribution in [2.75, 3.05) is 13.7 Å². The summed E-state index contributed by atoms with van der Waals surface area (Å²) in [4.78, 5) is 11.4. The van der Waals surface area contributed by atoms with Crippen LogP contribution < -0.4 is 0 Å². The number of esters is 1. The molecule has 0 unspecified atom stereocenters. The summed E-state index contributed by atoms with van der Waals surface area (Å²) < 4.78 is 10.1. The van der Waals surface area contributed by atoms with Gasteiger partial charge in [-0.2, -0.15) is 0 Å². The van der Waals surface area contributed by atoms with Crippen LogP contribution in [0.25, 0.3) is 0 Å². The Bertz CT molecular complexity index is 514. The molecule has 1 fully saturated rings. The second-order valence-electron chi connectivity index (χ2n) is 5.59. The third kappa shape index (κ3) is 4.07. The molecule has 0 spiro atoms. The first-order valence-electron chi connectivity index (χ1n) is 7.45. The maximum Gasteiger partial charge on any atom is 0.337 e. The van der Waals surface area contributed by atoms with E-state index in [1.165, 1.54) is 7.11 Å². The zero-order valence-corrected chi connectivity index (χ0v) is 12.8. The summed E-state index contributed by atoms with van der Waals surface area (Å²) in [5, 5.41) is 38.6. The van der Waals surface area contributed by atoms with E-state index in [0.29, 0.717) is 18.4 Å². The summed E-state index contributed by atoms with van der Waals surface area (Å²) in [5.74, 6) is -0.412. The molecule has 0 aliphatic carbocycles. The Morgan fingerprint density at radius 3 is 2.26 bits per heavy atom. The Labute approximate surface area is 134 Å². The fraction of sp³-hybridized carbons (Fsp3) is 0.562. The van der Waals surface area contributed by atoms with Gasteiger partial charge in [-0.05, 0) is 30.5 Å². The summed E-state index contributed by atoms with van der Waals surface area (Å²) in [6.45, 7) is -0.435. The van der Waals surface area contributed by atoms with Gasteiger partial charge >= 0.3 is 5.97 Å². The van der Waals surface area contributed by atoms with Crippen molar-refractivity contribution < 1.29 is 34.7 Å². The molecule has 7 nitrogen and oxygen atoms in total. The molecule has 0 aromatic heterocycles. The molecule has 23 heavy (non-hydrogen) atoms. The average Bonchev–Trinajstić information content (AvgIpc) is 2.59. The highest BCUT2D eigenvalue weighted by Crippen LogP contribution is 2.24. The van der Waals surface area contributed by atoms with E-state index >= 15 is 0 Å². The summed E-state index contributed by atoms with van der Waals surface area (Å²) >= 11 is 0. The minimum absolute atomic E-state index is 0.402. The van der Waals surface area contributed by atoms with Gasteiger partial charge in [-0.15, -0.1) is 0 Å². The van der Waals surface area contributed by atoms with Gasteiger partial charge in [0.25, 0.3) is 0 Å². The number of ether oxygens (including phenoxy) is 2. The highest BCUT2D eigenvalue weighted by atomic mass is 16.5. The van der Waals surface area contributed by atoms with Gasteiger partial charge in [0.1, 0.15) is 24.4 Å². The fourth-order valence-corrected chi connectivity index (χ4v) is 2.65. The van der Waals surface area contributed by atoms with E-state index in [9.17, 15) is 20.1 Å². The zero-order chi connectivity index (χ0) is 17.0. The van der Waals surface area contributed by atoms with Gasteiger partial charge in [-0.1, -0.05) is 12.1 Å². The molecule has 4 N–H and O–H groups in total. The van der Waals surface area contributed by atoms with E-state index in [1.807, 2.05) is 0 Å². The van der Waals surface area contributed by atoms with Crippen molar-refractivity contribution in [2.45, 2.75) is 43.4 Å². The lowest BCUT2D eigenvalue weighted by Crippen LogP contribution is -2.58. The maximum atomic E-state index is 11.4. The summed E-state index contributed by atoms with van der Waals surface area (Å²) in [6, 6.07) is 6.84. The molecule has 1 saturated heterocycles. The van der Waals surface area contributed by atoms with E-state index < -0.39 is 43.1 Å². The second kappa shape index (κ2) is 7.85. The monoisotopic (exact) mass is 326 g/mol. The van der Waals surface area contributed by atoms with Gasteiger partial charge in [0, 0.05) is 0 Å². The van der Waals surface area contributed by atoms with Crippen LogP contribution in [0.5, 0.6) is 0 Å². The Morgan fingerprint density at radius 2 is 1.70 bits per heavy atom. The number of aliphatic hydroxyl groups excluding tert-OH is 4. The molecule has 1 aliphatic heterocycles. The van der Waals surface area contributed by atoms with Gasteiger partial charge in [-0.3, -0.25) is 0 Å². The summed E-state index contributed by atoms with van der Waals surface area (Å²) in [5.41, 5.74) is 1.37. The van der Waals surface area contributed by atoms with E-state index in [1.54, 1.807) is 24.3 Å². The molecule has 1 aromatic carbocycles. The standard InChI is InChI=1S/C16H22O7/c1-22-16(21)10-5-2-9(3-6-10)4-7-11-13(18)15(20)14(19)12(8-17)23-11/h2-3,5-6,11-15,17-20H,4,7-8H2,1H3/t11-,12+,13-,14+,15+/m0/s1. The molecule has 128 valence electrons. The number of methoxy groups -OCH3 is 1. The van der Waals surface area contributed by atoms with Crippen molar-refractivity contribution in [3.63, 3.8) is 0 Å². The first kappa shape index (κ1) is 17.8. The summed E-state index contributed by atoms with van der Waals surface area (Å²) in [6.07, 6.45) is -4.55. The van der Waals surface area contributed by atoms with Crippen LogP contribution in [0.3, 0.4) is 0 Å². The van der Waals surface area contributed by atoms with Crippen LogP contribution in [0.2, 0.25) is 0 Å². The van der Waals surface area contributed by atoms with Gasteiger partial charge in [-0.25, -0.2) is 4.79 Å². The smallest absolute Gasteiger partial charge is 0.337 e. The molecule has 7 heteroatoms. The van der Waals surface area contributed by atoms with E-state index in [4.69, 9.17) is 9.84 Å². The number of carbonyl (C=O) groups excluding carboxylic acids is 1. The maximum absolute atomic E-state index is 11.4. The van der Waals surface area contributed by atoms with Crippen LogP contribution in [0.4, 0.5) is 0 Å². The molecule has 0 bridgehead atoms. The van der Waals surface area contributed by atoms with Crippen LogP contribution in [-0.4, -0.2) is 70.6 Å². The highest BCUT2D eigenvalue weighted by molar-refractivity contribution is 5.89. The zero-order valence-electron chi connectivity index (χ0n) is 12.8. The topological polar surface area (TPSA) is 116 Å². The predicted molar refractivity (Wildman–Crippen MR) is 79.9 cm³/mol.